The minimum absolute atomic E-state index is 0.244. The van der Waals surface area contributed by atoms with Gasteiger partial charge in [0, 0.05) is 20.1 Å². The summed E-state index contributed by atoms with van der Waals surface area (Å²) in [6.07, 6.45) is 7.79. The quantitative estimate of drug-likeness (QED) is 0.787. The van der Waals surface area contributed by atoms with E-state index in [2.05, 4.69) is 5.32 Å². The minimum Gasteiger partial charge on any atom is -0.345 e. The van der Waals surface area contributed by atoms with Crippen LogP contribution in [0.3, 0.4) is 0 Å². The fraction of sp³-hybridized carbons (Fsp3) is 0.923. The average molecular weight is 224 g/mol. The molecule has 0 aromatic rings. The van der Waals surface area contributed by atoms with Gasteiger partial charge in [-0.25, -0.2) is 0 Å². The van der Waals surface area contributed by atoms with Crippen LogP contribution in [0.15, 0.2) is 0 Å². The van der Waals surface area contributed by atoms with Gasteiger partial charge in [-0.3, -0.25) is 4.79 Å². The Balaban J connectivity index is 1.69. The smallest absolute Gasteiger partial charge is 0.226 e. The van der Waals surface area contributed by atoms with Crippen molar-refractivity contribution in [3.05, 3.63) is 0 Å². The van der Waals surface area contributed by atoms with Crippen molar-refractivity contribution >= 4 is 5.91 Å². The van der Waals surface area contributed by atoms with Gasteiger partial charge in [0.25, 0.3) is 0 Å². The van der Waals surface area contributed by atoms with Gasteiger partial charge in [-0.05, 0) is 25.3 Å². The summed E-state index contributed by atoms with van der Waals surface area (Å²) in [5.74, 6) is 1.48. The molecule has 1 aliphatic carbocycles. The Kier molecular flexibility index (Phi) is 4.22. The van der Waals surface area contributed by atoms with E-state index in [1.807, 2.05) is 11.9 Å². The number of nitrogens with zero attached hydrogens (tertiary/aromatic N) is 1. The molecule has 1 saturated carbocycles. The first-order valence-corrected chi connectivity index (χ1v) is 6.73. The highest BCUT2D eigenvalue weighted by molar-refractivity contribution is 5.79. The molecule has 92 valence electrons. The summed E-state index contributed by atoms with van der Waals surface area (Å²) in [4.78, 5) is 14.0. The summed E-state index contributed by atoms with van der Waals surface area (Å²) in [7, 11) is 1.97. The summed E-state index contributed by atoms with van der Waals surface area (Å²) in [5, 5.41) is 3.26. The van der Waals surface area contributed by atoms with Gasteiger partial charge in [0.1, 0.15) is 0 Å². The highest BCUT2D eigenvalue weighted by atomic mass is 16.2. The number of carbonyl (C=O) groups is 1. The second-order valence-corrected chi connectivity index (χ2v) is 5.39. The van der Waals surface area contributed by atoms with Gasteiger partial charge < -0.3 is 10.2 Å². The molecule has 2 aliphatic rings. The van der Waals surface area contributed by atoms with E-state index in [9.17, 15) is 4.79 Å². The number of carbonyl (C=O) groups excluding carboxylic acids is 1. The van der Waals surface area contributed by atoms with Crippen molar-refractivity contribution in [2.45, 2.75) is 38.5 Å². The first-order chi connectivity index (χ1) is 7.77. The van der Waals surface area contributed by atoms with Crippen molar-refractivity contribution in [2.75, 3.05) is 26.7 Å². The molecule has 16 heavy (non-hydrogen) atoms. The van der Waals surface area contributed by atoms with E-state index in [0.717, 1.165) is 32.0 Å². The molecule has 1 N–H and O–H groups in total. The second-order valence-electron chi connectivity index (χ2n) is 5.39. The number of amides is 1. The summed E-state index contributed by atoms with van der Waals surface area (Å²) in [5.41, 5.74) is 0. The zero-order valence-electron chi connectivity index (χ0n) is 10.4. The van der Waals surface area contributed by atoms with E-state index in [1.54, 1.807) is 0 Å². The molecule has 2 fully saturated rings. The topological polar surface area (TPSA) is 32.3 Å². The van der Waals surface area contributed by atoms with Gasteiger partial charge in [-0.2, -0.15) is 0 Å². The van der Waals surface area contributed by atoms with E-state index < -0.39 is 0 Å². The number of rotatable bonds is 4. The highest BCUT2D eigenvalue weighted by Gasteiger charge is 2.25. The van der Waals surface area contributed by atoms with Crippen LogP contribution >= 0.6 is 0 Å². The van der Waals surface area contributed by atoms with Crippen LogP contribution in [-0.2, 0) is 4.79 Å². The van der Waals surface area contributed by atoms with Crippen molar-refractivity contribution in [1.29, 1.82) is 0 Å². The molecular weight excluding hydrogens is 200 g/mol. The standard InChI is InChI=1S/C13H24N2O/c1-15(9-7-11-4-2-3-5-11)13(16)12-6-8-14-10-12/h11-12,14H,2-10H2,1H3. The summed E-state index contributed by atoms with van der Waals surface area (Å²) in [6.45, 7) is 2.85. The van der Waals surface area contributed by atoms with Crippen LogP contribution in [0.1, 0.15) is 38.5 Å². The Bertz CT molecular complexity index is 230. The van der Waals surface area contributed by atoms with Crippen molar-refractivity contribution < 1.29 is 4.79 Å². The lowest BCUT2D eigenvalue weighted by Gasteiger charge is -2.22. The fourth-order valence-electron chi connectivity index (χ4n) is 2.96. The number of hydrogen-bond donors (Lipinski definition) is 1. The van der Waals surface area contributed by atoms with Gasteiger partial charge in [-0.15, -0.1) is 0 Å². The van der Waals surface area contributed by atoms with Crippen molar-refractivity contribution in [1.82, 2.24) is 10.2 Å². The van der Waals surface area contributed by atoms with Crippen molar-refractivity contribution in [2.24, 2.45) is 11.8 Å². The van der Waals surface area contributed by atoms with E-state index in [1.165, 1.54) is 32.1 Å². The lowest BCUT2D eigenvalue weighted by atomic mass is 10.0. The number of nitrogens with one attached hydrogen (secondary N) is 1. The normalized spacial score (nSPS) is 26.2. The zero-order valence-corrected chi connectivity index (χ0v) is 10.4. The summed E-state index contributed by atoms with van der Waals surface area (Å²) < 4.78 is 0. The molecule has 0 aromatic carbocycles. The third-order valence-corrected chi connectivity index (χ3v) is 4.13. The van der Waals surface area contributed by atoms with Gasteiger partial charge in [0.15, 0.2) is 0 Å². The first-order valence-electron chi connectivity index (χ1n) is 6.73. The lowest BCUT2D eigenvalue weighted by Crippen LogP contribution is -2.35. The fourth-order valence-corrected chi connectivity index (χ4v) is 2.96. The summed E-state index contributed by atoms with van der Waals surface area (Å²) in [6, 6.07) is 0. The Morgan fingerprint density at radius 3 is 2.69 bits per heavy atom. The van der Waals surface area contributed by atoms with E-state index in [-0.39, 0.29) is 5.92 Å². The van der Waals surface area contributed by atoms with Crippen LogP contribution in [0.2, 0.25) is 0 Å². The molecule has 3 heteroatoms. The zero-order chi connectivity index (χ0) is 11.4. The molecule has 2 rings (SSSR count). The van der Waals surface area contributed by atoms with E-state index in [0.29, 0.717) is 5.91 Å². The molecule has 1 unspecified atom stereocenters. The first kappa shape index (κ1) is 11.9. The molecule has 0 aromatic heterocycles. The Labute approximate surface area is 98.6 Å². The van der Waals surface area contributed by atoms with Crippen LogP contribution in [-0.4, -0.2) is 37.5 Å². The van der Waals surface area contributed by atoms with Crippen LogP contribution in [0, 0.1) is 11.8 Å². The van der Waals surface area contributed by atoms with Crippen molar-refractivity contribution in [3.8, 4) is 0 Å². The molecule has 0 bridgehead atoms. The molecule has 1 aliphatic heterocycles. The predicted molar refractivity (Wildman–Crippen MR) is 65.2 cm³/mol. The van der Waals surface area contributed by atoms with Gasteiger partial charge >= 0.3 is 0 Å². The largest absolute Gasteiger partial charge is 0.345 e. The molecule has 3 nitrogen and oxygen atoms in total. The number of hydrogen-bond acceptors (Lipinski definition) is 2. The molecule has 1 heterocycles. The van der Waals surface area contributed by atoms with Crippen LogP contribution < -0.4 is 5.32 Å². The third kappa shape index (κ3) is 2.97. The Morgan fingerprint density at radius 2 is 2.06 bits per heavy atom. The molecular formula is C13H24N2O. The SMILES string of the molecule is CN(CCC1CCCC1)C(=O)C1CCNC1. The lowest BCUT2D eigenvalue weighted by molar-refractivity contribution is -0.133. The van der Waals surface area contributed by atoms with E-state index >= 15 is 0 Å². The minimum atomic E-state index is 0.244. The molecule has 0 spiro atoms. The maximum absolute atomic E-state index is 12.0. The van der Waals surface area contributed by atoms with Gasteiger partial charge in [0.05, 0.1) is 5.92 Å². The maximum atomic E-state index is 12.0. The Morgan fingerprint density at radius 1 is 1.31 bits per heavy atom. The van der Waals surface area contributed by atoms with Gasteiger partial charge in [-0.1, -0.05) is 25.7 Å². The van der Waals surface area contributed by atoms with Crippen LogP contribution in [0.4, 0.5) is 0 Å². The molecule has 1 saturated heterocycles. The van der Waals surface area contributed by atoms with E-state index in [4.69, 9.17) is 0 Å². The second kappa shape index (κ2) is 5.67. The van der Waals surface area contributed by atoms with Gasteiger partial charge in [0.2, 0.25) is 5.91 Å². The highest BCUT2D eigenvalue weighted by Crippen LogP contribution is 2.27. The maximum Gasteiger partial charge on any atom is 0.226 e. The van der Waals surface area contributed by atoms with Crippen LogP contribution in [0.25, 0.3) is 0 Å². The average Bonchev–Trinajstić information content (AvgIpc) is 2.96. The third-order valence-electron chi connectivity index (χ3n) is 4.13. The van der Waals surface area contributed by atoms with Crippen LogP contribution in [0.5, 0.6) is 0 Å². The molecule has 1 atom stereocenters. The molecule has 1 amide bonds. The predicted octanol–water partition coefficient (Wildman–Crippen LogP) is 1.63. The molecule has 0 radical (unpaired) electrons. The van der Waals surface area contributed by atoms with Crippen molar-refractivity contribution in [3.63, 3.8) is 0 Å². The monoisotopic (exact) mass is 224 g/mol. The summed E-state index contributed by atoms with van der Waals surface area (Å²) >= 11 is 0. The Hall–Kier alpha value is -0.570.